The van der Waals surface area contributed by atoms with E-state index in [1.807, 2.05) is 20.8 Å². The van der Waals surface area contributed by atoms with Crippen molar-refractivity contribution < 1.29 is 14.4 Å². The molecule has 0 amide bonds. The van der Waals surface area contributed by atoms with Crippen LogP contribution in [0.3, 0.4) is 0 Å². The lowest BCUT2D eigenvalue weighted by Gasteiger charge is -2.14. The lowest BCUT2D eigenvalue weighted by atomic mass is 9.87. The van der Waals surface area contributed by atoms with Crippen molar-refractivity contribution in [2.24, 2.45) is 0 Å². The zero-order chi connectivity index (χ0) is 18.4. The van der Waals surface area contributed by atoms with Gasteiger partial charge in [-0.25, -0.2) is 0 Å². The molecule has 0 spiro atoms. The van der Waals surface area contributed by atoms with Crippen LogP contribution in [-0.2, 0) is 0 Å². The molecule has 2 aromatic rings. The van der Waals surface area contributed by atoms with E-state index in [0.29, 0.717) is 47.8 Å². The van der Waals surface area contributed by atoms with E-state index in [1.54, 1.807) is 24.3 Å². The number of rotatable bonds is 9. The maximum atomic E-state index is 12.8. The molecule has 0 saturated heterocycles. The first-order chi connectivity index (χ1) is 12.0. The summed E-state index contributed by atoms with van der Waals surface area (Å²) in [5.41, 5.74) is 1.38. The summed E-state index contributed by atoms with van der Waals surface area (Å²) in [6.07, 6.45) is 3.35. The molecular formula is C22H25O3. The van der Waals surface area contributed by atoms with Gasteiger partial charge in [0.05, 0.1) is 0 Å². The van der Waals surface area contributed by atoms with Gasteiger partial charge in [-0.05, 0) is 30.7 Å². The molecule has 1 radical (unpaired) electrons. The fraction of sp³-hybridized carbons (Fsp3) is 0.409. The third-order valence-electron chi connectivity index (χ3n) is 4.27. The van der Waals surface area contributed by atoms with Gasteiger partial charge in [-0.15, -0.1) is 0 Å². The molecule has 0 N–H and O–H groups in total. The van der Waals surface area contributed by atoms with Crippen molar-refractivity contribution in [1.82, 2.24) is 0 Å². The average Bonchev–Trinajstić information content (AvgIpc) is 2.60. The van der Waals surface area contributed by atoms with E-state index >= 15 is 0 Å². The van der Waals surface area contributed by atoms with Gasteiger partial charge in [-0.3, -0.25) is 14.4 Å². The van der Waals surface area contributed by atoms with E-state index in [2.05, 4.69) is 6.07 Å². The summed E-state index contributed by atoms with van der Waals surface area (Å²) in [5, 5.41) is 1.32. The van der Waals surface area contributed by atoms with Crippen molar-refractivity contribution in [1.29, 1.82) is 0 Å². The molecule has 0 bridgehead atoms. The maximum absolute atomic E-state index is 12.8. The van der Waals surface area contributed by atoms with Gasteiger partial charge in [0.25, 0.3) is 0 Å². The van der Waals surface area contributed by atoms with Gasteiger partial charge in [-0.2, -0.15) is 0 Å². The van der Waals surface area contributed by atoms with Crippen molar-refractivity contribution in [3.8, 4) is 0 Å². The minimum atomic E-state index is -0.0716. The number of hydrogen-bond donors (Lipinski definition) is 0. The highest BCUT2D eigenvalue weighted by Gasteiger charge is 2.22. The Balaban J connectivity index is 2.80. The fourth-order valence-electron chi connectivity index (χ4n) is 3.13. The van der Waals surface area contributed by atoms with Gasteiger partial charge >= 0.3 is 0 Å². The summed E-state index contributed by atoms with van der Waals surface area (Å²) >= 11 is 0. The predicted octanol–water partition coefficient (Wildman–Crippen LogP) is 5.59. The summed E-state index contributed by atoms with van der Waals surface area (Å²) in [4.78, 5) is 38.0. The van der Waals surface area contributed by atoms with Crippen LogP contribution in [-0.4, -0.2) is 17.3 Å². The molecule has 0 aliphatic rings. The Bertz CT molecular complexity index is 802. The van der Waals surface area contributed by atoms with Crippen molar-refractivity contribution in [3.05, 3.63) is 47.0 Å². The number of ketones is 3. The summed E-state index contributed by atoms with van der Waals surface area (Å²) in [5.74, 6) is -0.105. The van der Waals surface area contributed by atoms with Crippen LogP contribution in [0.15, 0.2) is 24.3 Å². The third kappa shape index (κ3) is 4.04. The van der Waals surface area contributed by atoms with Gasteiger partial charge in [0.15, 0.2) is 17.3 Å². The Morgan fingerprint density at radius 2 is 1.32 bits per heavy atom. The normalized spacial score (nSPS) is 10.8. The zero-order valence-corrected chi connectivity index (χ0v) is 15.3. The Morgan fingerprint density at radius 1 is 0.760 bits per heavy atom. The molecule has 2 rings (SSSR count). The predicted molar refractivity (Wildman–Crippen MR) is 100 cm³/mol. The SMILES string of the molecule is CCCC(=O)c1ccc2[c]ccc(C(=O)CCC)c2c1C(=O)CCC. The van der Waals surface area contributed by atoms with E-state index in [1.165, 1.54) is 0 Å². The molecule has 131 valence electrons. The maximum Gasteiger partial charge on any atom is 0.164 e. The monoisotopic (exact) mass is 337 g/mol. The second-order valence-electron chi connectivity index (χ2n) is 6.32. The Kier molecular flexibility index (Phi) is 6.63. The van der Waals surface area contributed by atoms with Crippen LogP contribution >= 0.6 is 0 Å². The molecule has 3 nitrogen and oxygen atoms in total. The van der Waals surface area contributed by atoms with Crippen molar-refractivity contribution in [2.45, 2.75) is 59.3 Å². The first-order valence-corrected chi connectivity index (χ1v) is 9.12. The van der Waals surface area contributed by atoms with Crippen LogP contribution in [0.2, 0.25) is 0 Å². The lowest BCUT2D eigenvalue weighted by Crippen LogP contribution is -2.12. The smallest absolute Gasteiger partial charge is 0.164 e. The van der Waals surface area contributed by atoms with Crippen LogP contribution in [0.4, 0.5) is 0 Å². The molecule has 2 aromatic carbocycles. The topological polar surface area (TPSA) is 51.2 Å². The number of hydrogen-bond acceptors (Lipinski definition) is 3. The molecule has 0 fully saturated rings. The molecule has 0 heterocycles. The minimum Gasteiger partial charge on any atom is -0.294 e. The summed E-state index contributed by atoms with van der Waals surface area (Å²) in [6.45, 7) is 5.83. The molecular weight excluding hydrogens is 312 g/mol. The number of Topliss-reactive ketones (excluding diaryl/α,β-unsaturated/α-hetero) is 3. The van der Waals surface area contributed by atoms with Crippen LogP contribution in [0.1, 0.15) is 90.4 Å². The zero-order valence-electron chi connectivity index (χ0n) is 15.3. The number of fused-ring (bicyclic) bond motifs is 1. The standard InChI is InChI=1S/C22H25O3/c1-4-8-18(23)16-12-7-11-15-13-14-17(19(24)9-5-2)22(21(15)16)20(25)10-6-3/h7,12-14H,4-6,8-10H2,1-3H3. The number of carbonyl (C=O) groups is 3. The summed E-state index contributed by atoms with van der Waals surface area (Å²) in [6, 6.07) is 10.1. The molecule has 3 heteroatoms. The quantitative estimate of drug-likeness (QED) is 0.561. The van der Waals surface area contributed by atoms with Gasteiger partial charge in [0, 0.05) is 41.3 Å². The minimum absolute atomic E-state index is 0.00661. The molecule has 0 aliphatic carbocycles. The van der Waals surface area contributed by atoms with Crippen LogP contribution in [0.25, 0.3) is 10.8 Å². The molecule has 0 saturated carbocycles. The van der Waals surface area contributed by atoms with Crippen molar-refractivity contribution in [2.75, 3.05) is 0 Å². The second kappa shape index (κ2) is 8.70. The molecule has 0 unspecified atom stereocenters. The van der Waals surface area contributed by atoms with Crippen molar-refractivity contribution in [3.63, 3.8) is 0 Å². The molecule has 0 aromatic heterocycles. The molecule has 0 atom stereocenters. The average molecular weight is 337 g/mol. The Hall–Kier alpha value is -2.29. The van der Waals surface area contributed by atoms with E-state index < -0.39 is 0 Å². The second-order valence-corrected chi connectivity index (χ2v) is 6.32. The highest BCUT2D eigenvalue weighted by Crippen LogP contribution is 2.29. The molecule has 0 aliphatic heterocycles. The molecule has 25 heavy (non-hydrogen) atoms. The first-order valence-electron chi connectivity index (χ1n) is 9.12. The van der Waals surface area contributed by atoms with E-state index in [0.717, 1.165) is 18.2 Å². The van der Waals surface area contributed by atoms with Crippen LogP contribution in [0.5, 0.6) is 0 Å². The van der Waals surface area contributed by atoms with Gasteiger partial charge in [0.1, 0.15) is 0 Å². The van der Waals surface area contributed by atoms with Crippen molar-refractivity contribution >= 4 is 28.1 Å². The third-order valence-corrected chi connectivity index (χ3v) is 4.27. The Labute approximate surface area is 149 Å². The van der Waals surface area contributed by atoms with Gasteiger partial charge < -0.3 is 0 Å². The van der Waals surface area contributed by atoms with Crippen LogP contribution < -0.4 is 0 Å². The largest absolute Gasteiger partial charge is 0.294 e. The van der Waals surface area contributed by atoms with Gasteiger partial charge in [-0.1, -0.05) is 45.0 Å². The number of benzene rings is 2. The Morgan fingerprint density at radius 3 is 1.92 bits per heavy atom. The number of carbonyl (C=O) groups excluding carboxylic acids is 3. The summed E-state index contributed by atoms with van der Waals surface area (Å²) in [7, 11) is 0. The highest BCUT2D eigenvalue weighted by atomic mass is 16.1. The van der Waals surface area contributed by atoms with E-state index in [4.69, 9.17) is 0 Å². The van der Waals surface area contributed by atoms with E-state index in [-0.39, 0.29) is 17.3 Å². The van der Waals surface area contributed by atoms with E-state index in [9.17, 15) is 14.4 Å². The fourth-order valence-corrected chi connectivity index (χ4v) is 3.13. The highest BCUT2D eigenvalue weighted by molar-refractivity contribution is 6.21. The first kappa shape index (κ1) is 19.0. The van der Waals surface area contributed by atoms with Crippen LogP contribution in [0, 0.1) is 6.07 Å². The lowest BCUT2D eigenvalue weighted by molar-refractivity contribution is 0.0949. The van der Waals surface area contributed by atoms with Gasteiger partial charge in [0.2, 0.25) is 0 Å². The summed E-state index contributed by atoms with van der Waals surface area (Å²) < 4.78 is 0.